The second kappa shape index (κ2) is 5.05. The zero-order valence-electron chi connectivity index (χ0n) is 10.1. The van der Waals surface area contributed by atoms with Crippen LogP contribution in [0.25, 0.3) is 0 Å². The predicted octanol–water partition coefficient (Wildman–Crippen LogP) is 2.33. The Morgan fingerprint density at radius 3 is 2.82 bits per heavy atom. The Kier molecular flexibility index (Phi) is 3.49. The number of para-hydroxylation sites is 2. The first-order valence-electron chi connectivity index (χ1n) is 5.90. The molecule has 0 saturated carbocycles. The lowest BCUT2D eigenvalue weighted by atomic mass is 10.3. The molecular weight excluding hydrogens is 218 g/mol. The van der Waals surface area contributed by atoms with Crippen molar-refractivity contribution in [2.45, 2.75) is 26.7 Å². The number of benzene rings is 1. The molecule has 1 N–H and O–H groups in total. The van der Waals surface area contributed by atoms with Crippen molar-refractivity contribution in [3.63, 3.8) is 0 Å². The number of nitrogens with one attached hydrogen (secondary N) is 1. The minimum absolute atomic E-state index is 0.246. The summed E-state index contributed by atoms with van der Waals surface area (Å²) in [6, 6.07) is 7.74. The molecule has 5 heteroatoms. The number of fused-ring (bicyclic) bond motifs is 1. The van der Waals surface area contributed by atoms with Crippen molar-refractivity contribution in [2.24, 2.45) is 0 Å². The first-order chi connectivity index (χ1) is 8.26. The van der Waals surface area contributed by atoms with Crippen molar-refractivity contribution >= 4 is 17.3 Å². The monoisotopic (exact) mass is 235 g/mol. The normalized spacial score (nSPS) is 14.4. The smallest absolute Gasteiger partial charge is 0.323 e. The zero-order chi connectivity index (χ0) is 12.3. The number of anilines is 2. The molecule has 0 saturated heterocycles. The predicted molar refractivity (Wildman–Crippen MR) is 65.9 cm³/mol. The molecule has 0 unspecified atom stereocenters. The fourth-order valence-electron chi connectivity index (χ4n) is 1.67. The van der Waals surface area contributed by atoms with E-state index in [1.807, 2.05) is 24.3 Å². The van der Waals surface area contributed by atoms with Gasteiger partial charge in [0.2, 0.25) is 0 Å². The SMILES string of the molecule is CCCN1Nc2ccccc2N1OC(=O)CC. The topological polar surface area (TPSA) is 44.8 Å². The summed E-state index contributed by atoms with van der Waals surface area (Å²) in [5, 5.41) is 3.34. The van der Waals surface area contributed by atoms with Crippen molar-refractivity contribution in [2.75, 3.05) is 17.1 Å². The molecule has 0 aliphatic carbocycles. The van der Waals surface area contributed by atoms with Crippen LogP contribution >= 0.6 is 0 Å². The Balaban J connectivity index is 2.20. The van der Waals surface area contributed by atoms with Gasteiger partial charge in [0.1, 0.15) is 5.69 Å². The lowest BCUT2D eigenvalue weighted by Gasteiger charge is -2.26. The van der Waals surface area contributed by atoms with Gasteiger partial charge in [-0.25, -0.2) is 4.79 Å². The number of hydrogen-bond acceptors (Lipinski definition) is 5. The molecule has 5 nitrogen and oxygen atoms in total. The van der Waals surface area contributed by atoms with Crippen LogP contribution in [0.5, 0.6) is 0 Å². The van der Waals surface area contributed by atoms with E-state index < -0.39 is 0 Å². The molecule has 1 aliphatic rings. The minimum Gasteiger partial charge on any atom is -0.323 e. The van der Waals surface area contributed by atoms with Gasteiger partial charge >= 0.3 is 5.97 Å². The number of carbonyl (C=O) groups is 1. The van der Waals surface area contributed by atoms with Gasteiger partial charge in [-0.3, -0.25) is 5.43 Å². The Hall–Kier alpha value is -1.75. The summed E-state index contributed by atoms with van der Waals surface area (Å²) in [4.78, 5) is 16.7. The largest absolute Gasteiger partial charge is 0.334 e. The number of carbonyl (C=O) groups excluding carboxylic acids is 1. The third kappa shape index (κ3) is 2.34. The van der Waals surface area contributed by atoms with E-state index in [9.17, 15) is 4.79 Å². The summed E-state index contributed by atoms with van der Waals surface area (Å²) in [5.74, 6) is -0.246. The lowest BCUT2D eigenvalue weighted by molar-refractivity contribution is -0.150. The third-order valence-corrected chi connectivity index (χ3v) is 2.49. The second-order valence-corrected chi connectivity index (χ2v) is 3.84. The van der Waals surface area contributed by atoms with Gasteiger partial charge in [0, 0.05) is 13.0 Å². The summed E-state index contributed by atoms with van der Waals surface area (Å²) >= 11 is 0. The van der Waals surface area contributed by atoms with Crippen LogP contribution in [0, 0.1) is 0 Å². The molecule has 0 spiro atoms. The van der Waals surface area contributed by atoms with Crippen molar-refractivity contribution in [1.82, 2.24) is 5.12 Å². The summed E-state index contributed by atoms with van der Waals surface area (Å²) in [5.41, 5.74) is 5.01. The van der Waals surface area contributed by atoms with E-state index >= 15 is 0 Å². The Bertz CT molecular complexity index is 408. The van der Waals surface area contributed by atoms with Crippen molar-refractivity contribution < 1.29 is 9.63 Å². The van der Waals surface area contributed by atoms with Crippen LogP contribution in [0.1, 0.15) is 26.7 Å². The highest BCUT2D eigenvalue weighted by Crippen LogP contribution is 2.33. The molecule has 92 valence electrons. The van der Waals surface area contributed by atoms with E-state index in [0.717, 1.165) is 24.3 Å². The molecule has 0 fully saturated rings. The van der Waals surface area contributed by atoms with Crippen molar-refractivity contribution in [3.8, 4) is 0 Å². The van der Waals surface area contributed by atoms with E-state index in [4.69, 9.17) is 4.84 Å². The quantitative estimate of drug-likeness (QED) is 0.867. The molecule has 2 rings (SSSR count). The third-order valence-electron chi connectivity index (χ3n) is 2.49. The second-order valence-electron chi connectivity index (χ2n) is 3.84. The minimum atomic E-state index is -0.246. The summed E-state index contributed by atoms with van der Waals surface area (Å²) in [6.45, 7) is 4.62. The fraction of sp³-hybridized carbons (Fsp3) is 0.417. The maximum Gasteiger partial charge on any atom is 0.334 e. The van der Waals surface area contributed by atoms with Crippen LogP contribution in [0.2, 0.25) is 0 Å². The van der Waals surface area contributed by atoms with Crippen molar-refractivity contribution in [1.29, 1.82) is 0 Å². The molecule has 0 amide bonds. The van der Waals surface area contributed by atoms with Crippen LogP contribution in [0.4, 0.5) is 11.4 Å². The van der Waals surface area contributed by atoms with Gasteiger partial charge in [-0.15, -0.1) is 5.17 Å². The molecule has 1 heterocycles. The van der Waals surface area contributed by atoms with Crippen LogP contribution in [0.15, 0.2) is 24.3 Å². The first-order valence-corrected chi connectivity index (χ1v) is 5.90. The molecule has 17 heavy (non-hydrogen) atoms. The Labute approximate surface area is 101 Å². The molecule has 1 aromatic carbocycles. The molecule has 0 bridgehead atoms. The van der Waals surface area contributed by atoms with Gasteiger partial charge in [-0.2, -0.15) is 0 Å². The van der Waals surface area contributed by atoms with Crippen LogP contribution in [0.3, 0.4) is 0 Å². The van der Waals surface area contributed by atoms with Gasteiger partial charge in [-0.1, -0.05) is 31.1 Å². The summed E-state index contributed by atoms with van der Waals surface area (Å²) in [7, 11) is 0. The Morgan fingerprint density at radius 2 is 2.12 bits per heavy atom. The molecule has 1 aliphatic heterocycles. The lowest BCUT2D eigenvalue weighted by Crippen LogP contribution is -2.43. The highest BCUT2D eigenvalue weighted by atomic mass is 16.8. The molecule has 1 aromatic rings. The van der Waals surface area contributed by atoms with Gasteiger partial charge in [0.15, 0.2) is 0 Å². The average Bonchev–Trinajstić information content (AvgIpc) is 2.68. The van der Waals surface area contributed by atoms with Gasteiger partial charge in [0.05, 0.1) is 5.69 Å². The highest BCUT2D eigenvalue weighted by Gasteiger charge is 2.28. The van der Waals surface area contributed by atoms with Crippen LogP contribution in [-0.2, 0) is 9.63 Å². The van der Waals surface area contributed by atoms with E-state index in [-0.39, 0.29) is 5.97 Å². The maximum absolute atomic E-state index is 11.4. The fourth-order valence-corrected chi connectivity index (χ4v) is 1.67. The standard InChI is InChI=1S/C12H17N3O2/c1-3-9-14-13-10-7-5-6-8-11(10)15(14)17-12(16)4-2/h5-8,13H,3-4,9H2,1-2H3. The van der Waals surface area contributed by atoms with Gasteiger partial charge < -0.3 is 4.84 Å². The number of rotatable bonds is 4. The highest BCUT2D eigenvalue weighted by molar-refractivity contribution is 5.75. The van der Waals surface area contributed by atoms with E-state index in [2.05, 4.69) is 12.3 Å². The van der Waals surface area contributed by atoms with Crippen LogP contribution in [-0.4, -0.2) is 17.6 Å². The van der Waals surface area contributed by atoms with E-state index in [1.165, 1.54) is 5.17 Å². The molecular formula is C12H17N3O2. The Morgan fingerprint density at radius 1 is 1.35 bits per heavy atom. The van der Waals surface area contributed by atoms with E-state index in [0.29, 0.717) is 6.42 Å². The summed E-state index contributed by atoms with van der Waals surface area (Å²) < 4.78 is 0. The van der Waals surface area contributed by atoms with Gasteiger partial charge in [0.25, 0.3) is 0 Å². The molecule has 0 radical (unpaired) electrons. The zero-order valence-corrected chi connectivity index (χ0v) is 10.1. The maximum atomic E-state index is 11.4. The molecule has 0 atom stereocenters. The summed E-state index contributed by atoms with van der Waals surface area (Å²) in [6.07, 6.45) is 1.32. The van der Waals surface area contributed by atoms with Crippen LogP contribution < -0.4 is 10.6 Å². The van der Waals surface area contributed by atoms with Crippen molar-refractivity contribution in [3.05, 3.63) is 24.3 Å². The number of hydrogen-bond donors (Lipinski definition) is 1. The van der Waals surface area contributed by atoms with Gasteiger partial charge in [-0.05, 0) is 18.6 Å². The number of hydrazine groups is 2. The molecule has 0 aromatic heterocycles. The number of nitrogens with zero attached hydrogens (tertiary/aromatic N) is 2. The average molecular weight is 235 g/mol. The van der Waals surface area contributed by atoms with E-state index in [1.54, 1.807) is 12.0 Å². The first kappa shape index (κ1) is 11.7.